The highest BCUT2D eigenvalue weighted by Crippen LogP contribution is 2.45. The summed E-state index contributed by atoms with van der Waals surface area (Å²) in [5, 5.41) is 18.5. The van der Waals surface area contributed by atoms with Crippen LogP contribution in [-0.4, -0.2) is 19.9 Å². The molecule has 4 heteroatoms. The van der Waals surface area contributed by atoms with Gasteiger partial charge >= 0.3 is 0 Å². The summed E-state index contributed by atoms with van der Waals surface area (Å²) in [6.07, 6.45) is 1.82. The van der Waals surface area contributed by atoms with Crippen LogP contribution >= 0.6 is 0 Å². The lowest BCUT2D eigenvalue weighted by atomic mass is 9.86. The van der Waals surface area contributed by atoms with E-state index >= 15 is 0 Å². The van der Waals surface area contributed by atoms with Crippen molar-refractivity contribution in [3.05, 3.63) is 194 Å². The van der Waals surface area contributed by atoms with E-state index in [-0.39, 0.29) is 0 Å². The Bertz CT molecular complexity index is 3890. The van der Waals surface area contributed by atoms with E-state index in [0.717, 1.165) is 43.9 Å². The molecular formula is C56H32N4. The van der Waals surface area contributed by atoms with Gasteiger partial charge in [-0.3, -0.25) is 4.98 Å². The monoisotopic (exact) mass is 760 g/mol. The van der Waals surface area contributed by atoms with E-state index in [9.17, 15) is 0 Å². The van der Waals surface area contributed by atoms with Gasteiger partial charge in [0.1, 0.15) is 0 Å². The van der Waals surface area contributed by atoms with Crippen molar-refractivity contribution in [3.63, 3.8) is 0 Å². The number of nitrogens with zero attached hydrogens (tertiary/aromatic N) is 4. The van der Waals surface area contributed by atoms with Gasteiger partial charge in [0.05, 0.1) is 5.52 Å². The number of hydrogen-bond donors (Lipinski definition) is 0. The smallest absolute Gasteiger partial charge is 0.164 e. The Hall–Kier alpha value is -8.08. The van der Waals surface area contributed by atoms with Crippen molar-refractivity contribution < 1.29 is 0 Å². The van der Waals surface area contributed by atoms with Crippen LogP contribution in [-0.2, 0) is 0 Å². The Labute approximate surface area is 344 Å². The Kier molecular flexibility index (Phi) is 6.98. The van der Waals surface area contributed by atoms with E-state index in [4.69, 9.17) is 15.0 Å². The van der Waals surface area contributed by atoms with Crippen LogP contribution in [0.1, 0.15) is 0 Å². The molecule has 0 saturated heterocycles. The highest BCUT2D eigenvalue weighted by atomic mass is 15.0. The molecule has 0 radical (unpaired) electrons. The third kappa shape index (κ3) is 4.91. The van der Waals surface area contributed by atoms with Gasteiger partial charge < -0.3 is 0 Å². The summed E-state index contributed by atoms with van der Waals surface area (Å²) in [4.78, 5) is 19.9. The van der Waals surface area contributed by atoms with Crippen LogP contribution in [0.15, 0.2) is 194 Å². The van der Waals surface area contributed by atoms with Gasteiger partial charge in [0, 0.05) is 28.3 Å². The Morgan fingerprint density at radius 3 is 1.48 bits per heavy atom. The van der Waals surface area contributed by atoms with Crippen LogP contribution < -0.4 is 0 Å². The second kappa shape index (κ2) is 12.7. The highest BCUT2D eigenvalue weighted by molar-refractivity contribution is 6.37. The third-order valence-corrected chi connectivity index (χ3v) is 12.4. The van der Waals surface area contributed by atoms with E-state index in [1.165, 1.54) is 70.2 Å². The average molecular weight is 761 g/mol. The van der Waals surface area contributed by atoms with Gasteiger partial charge in [-0.15, -0.1) is 0 Å². The number of fused-ring (bicyclic) bond motifs is 4. The molecule has 0 aliphatic rings. The maximum Gasteiger partial charge on any atom is 0.164 e. The molecule has 4 nitrogen and oxygen atoms in total. The number of hydrogen-bond acceptors (Lipinski definition) is 4. The zero-order chi connectivity index (χ0) is 39.3. The van der Waals surface area contributed by atoms with E-state index in [1.807, 2.05) is 42.6 Å². The zero-order valence-corrected chi connectivity index (χ0v) is 32.3. The molecule has 0 saturated carbocycles. The summed E-state index contributed by atoms with van der Waals surface area (Å²) in [7, 11) is 0. The zero-order valence-electron chi connectivity index (χ0n) is 32.3. The first-order chi connectivity index (χ1) is 29.7. The molecule has 0 aliphatic carbocycles. The van der Waals surface area contributed by atoms with Gasteiger partial charge in [0.2, 0.25) is 0 Å². The minimum atomic E-state index is 0.621. The summed E-state index contributed by atoms with van der Waals surface area (Å²) in [5.41, 5.74) is 6.07. The first-order valence-corrected chi connectivity index (χ1v) is 20.4. The lowest BCUT2D eigenvalue weighted by Crippen LogP contribution is -2.01. The Morgan fingerprint density at radius 2 is 0.783 bits per heavy atom. The predicted octanol–water partition coefficient (Wildman–Crippen LogP) is 14.6. The largest absolute Gasteiger partial charge is 0.256 e. The molecule has 0 atom stereocenters. The highest BCUT2D eigenvalue weighted by Gasteiger charge is 2.19. The Balaban J connectivity index is 1.08. The van der Waals surface area contributed by atoms with Crippen LogP contribution in [0.2, 0.25) is 0 Å². The fraction of sp³-hybridized carbons (Fsp3) is 0. The normalized spacial score (nSPS) is 12.0. The number of pyridine rings is 1. The van der Waals surface area contributed by atoms with E-state index in [1.54, 1.807) is 0 Å². The maximum absolute atomic E-state index is 5.20. The first-order valence-electron chi connectivity index (χ1n) is 20.4. The van der Waals surface area contributed by atoms with Gasteiger partial charge in [-0.1, -0.05) is 146 Å². The first kappa shape index (κ1) is 32.9. The summed E-state index contributed by atoms with van der Waals surface area (Å²) < 4.78 is 0. The van der Waals surface area contributed by atoms with E-state index in [0.29, 0.717) is 17.5 Å². The van der Waals surface area contributed by atoms with Crippen molar-refractivity contribution >= 4 is 86.3 Å². The maximum atomic E-state index is 5.20. The Morgan fingerprint density at radius 1 is 0.267 bits per heavy atom. The van der Waals surface area contributed by atoms with E-state index < -0.39 is 0 Å². The van der Waals surface area contributed by atoms with Crippen molar-refractivity contribution in [2.45, 2.75) is 0 Å². The summed E-state index contributed by atoms with van der Waals surface area (Å²) in [5.74, 6) is 1.88. The molecule has 276 valence electrons. The molecule has 0 N–H and O–H groups in total. The predicted molar refractivity (Wildman–Crippen MR) is 251 cm³/mol. The molecule has 11 aromatic carbocycles. The van der Waals surface area contributed by atoms with Gasteiger partial charge in [0.15, 0.2) is 17.5 Å². The number of benzene rings is 10. The van der Waals surface area contributed by atoms with Crippen LogP contribution in [0.4, 0.5) is 0 Å². The van der Waals surface area contributed by atoms with Crippen molar-refractivity contribution in [2.75, 3.05) is 0 Å². The van der Waals surface area contributed by atoms with Crippen LogP contribution in [0.25, 0.3) is 132 Å². The summed E-state index contributed by atoms with van der Waals surface area (Å²) in [6.45, 7) is 0. The van der Waals surface area contributed by atoms with Crippen molar-refractivity contribution in [3.8, 4) is 45.3 Å². The minimum Gasteiger partial charge on any atom is -0.256 e. The summed E-state index contributed by atoms with van der Waals surface area (Å²) in [6, 6.07) is 67.8. The molecule has 13 aromatic rings. The molecule has 0 aliphatic heterocycles. The average Bonchev–Trinajstić information content (AvgIpc) is 3.32. The molecular weight excluding hydrogens is 729 g/mol. The molecule has 0 unspecified atom stereocenters. The minimum absolute atomic E-state index is 0.621. The quantitative estimate of drug-likeness (QED) is 0.168. The second-order valence-electron chi connectivity index (χ2n) is 15.8. The van der Waals surface area contributed by atoms with Crippen LogP contribution in [0.5, 0.6) is 0 Å². The van der Waals surface area contributed by atoms with Gasteiger partial charge in [0.25, 0.3) is 0 Å². The third-order valence-electron chi connectivity index (χ3n) is 12.4. The number of aromatic nitrogens is 4. The van der Waals surface area contributed by atoms with Gasteiger partial charge in [-0.25, -0.2) is 15.0 Å². The van der Waals surface area contributed by atoms with Crippen molar-refractivity contribution in [2.24, 2.45) is 0 Å². The summed E-state index contributed by atoms with van der Waals surface area (Å²) >= 11 is 0. The van der Waals surface area contributed by atoms with Crippen LogP contribution in [0.3, 0.4) is 0 Å². The second-order valence-corrected chi connectivity index (χ2v) is 15.8. The van der Waals surface area contributed by atoms with Crippen molar-refractivity contribution in [1.29, 1.82) is 0 Å². The van der Waals surface area contributed by atoms with Gasteiger partial charge in [-0.05, 0) is 129 Å². The number of rotatable bonds is 4. The molecule has 60 heavy (non-hydrogen) atoms. The standard InChI is InChI=1S/C56H32N4/c1-2-10-36(11-3-1)54-58-55(39-25-28-49-37(30-39)15-9-29-57-49)60-56(59-54)47-27-26-41(42-16-4-5-17-43(42)47)40-31-38-24-23-35-13-7-19-45-44-18-6-12-33-21-22-34-14-8-20-46(52(34)50(33)44)48(32-40)53(38)51(35)45/h1-32H. The molecule has 0 spiro atoms. The SMILES string of the molecule is c1ccc(-c2nc(-c3ccc4ncccc4c3)nc(-c3ccc(-c4cc5ccc6cccc7c8cccc9ccc%10cccc(c(c4)c5c67)c%10c98)c4ccccc34)n2)cc1. The van der Waals surface area contributed by atoms with E-state index in [2.05, 4.69) is 157 Å². The molecule has 2 heterocycles. The topological polar surface area (TPSA) is 51.6 Å². The lowest BCUT2D eigenvalue weighted by Gasteiger charge is -2.18. The van der Waals surface area contributed by atoms with Crippen LogP contribution in [0, 0.1) is 0 Å². The molecule has 0 amide bonds. The fourth-order valence-corrected chi connectivity index (χ4v) is 9.74. The fourth-order valence-electron chi connectivity index (χ4n) is 9.74. The molecule has 0 bridgehead atoms. The molecule has 0 fully saturated rings. The van der Waals surface area contributed by atoms with Gasteiger partial charge in [-0.2, -0.15) is 0 Å². The van der Waals surface area contributed by atoms with Crippen molar-refractivity contribution in [1.82, 2.24) is 19.9 Å². The lowest BCUT2D eigenvalue weighted by molar-refractivity contribution is 1.08. The molecule has 2 aromatic heterocycles. The molecule has 13 rings (SSSR count).